The molecule has 1 amide bonds. The highest BCUT2D eigenvalue weighted by Gasteiger charge is 2.45. The highest BCUT2D eigenvalue weighted by atomic mass is 16.3. The summed E-state index contributed by atoms with van der Waals surface area (Å²) in [6.07, 6.45) is 1.27. The van der Waals surface area contributed by atoms with Crippen LogP contribution < -0.4 is 5.73 Å². The molecule has 0 spiro atoms. The number of nitrogens with two attached hydrogens (primary N) is 1. The van der Waals surface area contributed by atoms with E-state index in [0.717, 1.165) is 12.8 Å². The second kappa shape index (κ2) is 5.57. The predicted molar refractivity (Wildman–Crippen MR) is 73.0 cm³/mol. The van der Waals surface area contributed by atoms with Crippen LogP contribution >= 0.6 is 0 Å². The number of carbonyl (C=O) groups is 1. The Morgan fingerprint density at radius 3 is 2.56 bits per heavy atom. The average Bonchev–Trinajstić information content (AvgIpc) is 2.24. The molecule has 1 aliphatic carbocycles. The van der Waals surface area contributed by atoms with E-state index in [-0.39, 0.29) is 23.3 Å². The molecular weight excluding hydrogens is 228 g/mol. The molecule has 1 saturated carbocycles. The van der Waals surface area contributed by atoms with Crippen molar-refractivity contribution in [2.75, 3.05) is 13.6 Å². The lowest BCUT2D eigenvalue weighted by Crippen LogP contribution is -2.52. The smallest absolute Gasteiger partial charge is 0.226 e. The molecule has 1 fully saturated rings. The SMILES string of the molecule is CC(O)CN(C)C(=O)C1CCC(N)C(C)C1(C)C. The highest BCUT2D eigenvalue weighted by molar-refractivity contribution is 5.79. The third-order valence-electron chi connectivity index (χ3n) is 4.71. The molecule has 106 valence electrons. The first-order valence-corrected chi connectivity index (χ1v) is 6.86. The molecule has 0 aromatic heterocycles. The molecule has 4 heteroatoms. The first-order chi connectivity index (χ1) is 8.17. The summed E-state index contributed by atoms with van der Waals surface area (Å²) in [4.78, 5) is 14.1. The molecule has 0 saturated heterocycles. The van der Waals surface area contributed by atoms with E-state index in [1.165, 1.54) is 0 Å². The van der Waals surface area contributed by atoms with Crippen molar-refractivity contribution in [1.29, 1.82) is 0 Å². The standard InChI is InChI=1S/C14H28N2O2/c1-9(17)8-16(5)13(18)11-6-7-12(15)10(2)14(11,3)4/h9-12,17H,6-8,15H2,1-5H3. The largest absolute Gasteiger partial charge is 0.392 e. The Morgan fingerprint density at radius 1 is 1.50 bits per heavy atom. The molecule has 3 N–H and O–H groups in total. The van der Waals surface area contributed by atoms with Crippen molar-refractivity contribution in [3.63, 3.8) is 0 Å². The fourth-order valence-electron chi connectivity index (χ4n) is 3.04. The molecule has 4 unspecified atom stereocenters. The third kappa shape index (κ3) is 3.04. The molecule has 0 heterocycles. The maximum atomic E-state index is 12.5. The van der Waals surface area contributed by atoms with Crippen LogP contribution in [0.3, 0.4) is 0 Å². The van der Waals surface area contributed by atoms with E-state index in [9.17, 15) is 9.90 Å². The zero-order chi connectivity index (χ0) is 14.1. The van der Waals surface area contributed by atoms with E-state index >= 15 is 0 Å². The number of carbonyl (C=O) groups excluding carboxylic acids is 1. The van der Waals surface area contributed by atoms with Gasteiger partial charge in [0.15, 0.2) is 0 Å². The van der Waals surface area contributed by atoms with Crippen molar-refractivity contribution in [2.24, 2.45) is 23.0 Å². The van der Waals surface area contributed by atoms with Crippen molar-refractivity contribution in [1.82, 2.24) is 4.90 Å². The van der Waals surface area contributed by atoms with Crippen LogP contribution in [0.1, 0.15) is 40.5 Å². The molecule has 0 aliphatic heterocycles. The Morgan fingerprint density at radius 2 is 2.06 bits per heavy atom. The number of aliphatic hydroxyl groups is 1. The van der Waals surface area contributed by atoms with Gasteiger partial charge < -0.3 is 15.7 Å². The number of aliphatic hydroxyl groups excluding tert-OH is 1. The lowest BCUT2D eigenvalue weighted by molar-refractivity contribution is -0.143. The van der Waals surface area contributed by atoms with Gasteiger partial charge in [-0.05, 0) is 31.1 Å². The summed E-state index contributed by atoms with van der Waals surface area (Å²) in [5.74, 6) is 0.482. The molecule has 0 aromatic carbocycles. The van der Waals surface area contributed by atoms with Gasteiger partial charge in [-0.1, -0.05) is 20.8 Å². The minimum absolute atomic E-state index is 0.0102. The van der Waals surface area contributed by atoms with Crippen LogP contribution in [-0.2, 0) is 4.79 Å². The zero-order valence-electron chi connectivity index (χ0n) is 12.3. The molecule has 18 heavy (non-hydrogen) atoms. The number of likely N-dealkylation sites (N-methyl/N-ethyl adjacent to an activating group) is 1. The van der Waals surface area contributed by atoms with E-state index in [4.69, 9.17) is 5.73 Å². The van der Waals surface area contributed by atoms with Crippen LogP contribution in [0.5, 0.6) is 0 Å². The van der Waals surface area contributed by atoms with Crippen molar-refractivity contribution in [3.05, 3.63) is 0 Å². The van der Waals surface area contributed by atoms with Gasteiger partial charge in [0.1, 0.15) is 0 Å². The second-order valence-electron chi connectivity index (χ2n) is 6.47. The van der Waals surface area contributed by atoms with Crippen molar-refractivity contribution < 1.29 is 9.90 Å². The summed E-state index contributed by atoms with van der Waals surface area (Å²) >= 11 is 0. The van der Waals surface area contributed by atoms with E-state index in [1.807, 2.05) is 0 Å². The minimum atomic E-state index is -0.481. The minimum Gasteiger partial charge on any atom is -0.392 e. The first-order valence-electron chi connectivity index (χ1n) is 6.86. The summed E-state index contributed by atoms with van der Waals surface area (Å²) < 4.78 is 0. The Hall–Kier alpha value is -0.610. The first kappa shape index (κ1) is 15.4. The fraction of sp³-hybridized carbons (Fsp3) is 0.929. The number of hydrogen-bond acceptors (Lipinski definition) is 3. The average molecular weight is 256 g/mol. The molecule has 0 radical (unpaired) electrons. The van der Waals surface area contributed by atoms with Gasteiger partial charge in [0.25, 0.3) is 0 Å². The number of rotatable bonds is 3. The normalized spacial score (nSPS) is 32.9. The van der Waals surface area contributed by atoms with E-state index in [0.29, 0.717) is 12.5 Å². The quantitative estimate of drug-likeness (QED) is 0.798. The number of nitrogens with zero attached hydrogens (tertiary/aromatic N) is 1. The van der Waals surface area contributed by atoms with Crippen LogP contribution in [-0.4, -0.2) is 41.7 Å². The monoisotopic (exact) mass is 256 g/mol. The number of hydrogen-bond donors (Lipinski definition) is 2. The summed E-state index contributed by atoms with van der Waals surface area (Å²) in [6.45, 7) is 8.50. The van der Waals surface area contributed by atoms with Crippen LogP contribution in [0.2, 0.25) is 0 Å². The van der Waals surface area contributed by atoms with Crippen LogP contribution in [0.4, 0.5) is 0 Å². The van der Waals surface area contributed by atoms with Gasteiger partial charge in [-0.2, -0.15) is 0 Å². The molecular formula is C14H28N2O2. The summed E-state index contributed by atoms with van der Waals surface area (Å²) in [7, 11) is 1.77. The molecule has 0 bridgehead atoms. The maximum absolute atomic E-state index is 12.5. The van der Waals surface area contributed by atoms with Crippen LogP contribution in [0.25, 0.3) is 0 Å². The van der Waals surface area contributed by atoms with Crippen LogP contribution in [0, 0.1) is 17.3 Å². The lowest BCUT2D eigenvalue weighted by Gasteiger charge is -2.47. The highest BCUT2D eigenvalue weighted by Crippen LogP contribution is 2.44. The molecule has 1 rings (SSSR count). The Labute approximate surface area is 111 Å². The van der Waals surface area contributed by atoms with Gasteiger partial charge in [-0.3, -0.25) is 4.79 Å². The van der Waals surface area contributed by atoms with Gasteiger partial charge in [-0.15, -0.1) is 0 Å². The van der Waals surface area contributed by atoms with Crippen molar-refractivity contribution >= 4 is 5.91 Å². The topological polar surface area (TPSA) is 66.6 Å². The molecule has 0 aromatic rings. The Balaban J connectivity index is 2.79. The van der Waals surface area contributed by atoms with E-state index in [1.54, 1.807) is 18.9 Å². The Kier molecular flexibility index (Phi) is 4.78. The summed E-state index contributed by atoms with van der Waals surface area (Å²) in [6, 6.07) is 0.186. The van der Waals surface area contributed by atoms with Crippen molar-refractivity contribution in [2.45, 2.75) is 52.7 Å². The van der Waals surface area contributed by atoms with Gasteiger partial charge in [0, 0.05) is 25.6 Å². The second-order valence-corrected chi connectivity index (χ2v) is 6.47. The van der Waals surface area contributed by atoms with E-state index < -0.39 is 6.10 Å². The zero-order valence-corrected chi connectivity index (χ0v) is 12.3. The summed E-state index contributed by atoms with van der Waals surface area (Å²) in [5, 5.41) is 9.38. The van der Waals surface area contributed by atoms with Crippen molar-refractivity contribution in [3.8, 4) is 0 Å². The maximum Gasteiger partial charge on any atom is 0.226 e. The molecule has 1 aliphatic rings. The Bertz CT molecular complexity index is 302. The summed E-state index contributed by atoms with van der Waals surface area (Å²) in [5.41, 5.74) is 6.03. The molecule has 4 nitrogen and oxygen atoms in total. The predicted octanol–water partition coefficient (Wildman–Crippen LogP) is 1.23. The lowest BCUT2D eigenvalue weighted by atomic mass is 9.61. The molecule has 4 atom stereocenters. The number of amides is 1. The fourth-order valence-corrected chi connectivity index (χ4v) is 3.04. The van der Waals surface area contributed by atoms with Gasteiger partial charge >= 0.3 is 0 Å². The van der Waals surface area contributed by atoms with Gasteiger partial charge in [0.2, 0.25) is 5.91 Å². The third-order valence-corrected chi connectivity index (χ3v) is 4.71. The van der Waals surface area contributed by atoms with Gasteiger partial charge in [-0.25, -0.2) is 0 Å². The van der Waals surface area contributed by atoms with E-state index in [2.05, 4.69) is 20.8 Å². The van der Waals surface area contributed by atoms with Gasteiger partial charge in [0.05, 0.1) is 6.10 Å². The van der Waals surface area contributed by atoms with Crippen LogP contribution in [0.15, 0.2) is 0 Å².